The van der Waals surface area contributed by atoms with Crippen molar-refractivity contribution in [2.45, 2.75) is 39.5 Å². The van der Waals surface area contributed by atoms with E-state index in [1.54, 1.807) is 0 Å². The summed E-state index contributed by atoms with van der Waals surface area (Å²) >= 11 is 0. The second-order valence-electron chi connectivity index (χ2n) is 3.10. The Balaban J connectivity index is 3.34. The Hall–Kier alpha value is -1.04. The van der Waals surface area contributed by atoms with Crippen LogP contribution in [0.5, 0.6) is 0 Å². The molecule has 0 aromatic heterocycles. The van der Waals surface area contributed by atoms with E-state index in [2.05, 4.69) is 55.5 Å². The summed E-state index contributed by atoms with van der Waals surface area (Å²) in [5.74, 6) is 0. The normalized spacial score (nSPS) is 13.0. The predicted octanol–water partition coefficient (Wildman–Crippen LogP) is 4.81. The van der Waals surface area contributed by atoms with Crippen molar-refractivity contribution in [1.29, 1.82) is 0 Å². The van der Waals surface area contributed by atoms with Crippen molar-refractivity contribution in [3.05, 3.63) is 48.6 Å². The maximum atomic E-state index is 2.21. The summed E-state index contributed by atoms with van der Waals surface area (Å²) in [6.07, 6.45) is 21.8. The molecule has 0 aliphatic heterocycles. The summed E-state index contributed by atoms with van der Waals surface area (Å²) in [5.41, 5.74) is 0. The molecular weight excluding hydrogens is 168 g/mol. The molecular formula is C14H22. The molecule has 0 heterocycles. The van der Waals surface area contributed by atoms with E-state index in [1.807, 2.05) is 6.92 Å². The lowest BCUT2D eigenvalue weighted by Gasteiger charge is -1.83. The van der Waals surface area contributed by atoms with Crippen LogP contribution in [0.1, 0.15) is 39.5 Å². The Labute approximate surface area is 88.7 Å². The topological polar surface area (TPSA) is 0 Å². The van der Waals surface area contributed by atoms with Gasteiger partial charge in [0.25, 0.3) is 0 Å². The van der Waals surface area contributed by atoms with Gasteiger partial charge in [0.05, 0.1) is 0 Å². The lowest BCUT2D eigenvalue weighted by molar-refractivity contribution is 1.19. The zero-order valence-electron chi connectivity index (χ0n) is 9.45. The van der Waals surface area contributed by atoms with Crippen LogP contribution in [0, 0.1) is 0 Å². The lowest BCUT2D eigenvalue weighted by atomic mass is 10.2. The zero-order chi connectivity index (χ0) is 10.5. The average Bonchev–Trinajstić information content (AvgIpc) is 2.21. The van der Waals surface area contributed by atoms with Crippen LogP contribution in [0.2, 0.25) is 0 Å². The van der Waals surface area contributed by atoms with Crippen molar-refractivity contribution in [1.82, 2.24) is 0 Å². The Morgan fingerprint density at radius 2 is 1.07 bits per heavy atom. The summed E-state index contributed by atoms with van der Waals surface area (Å²) in [4.78, 5) is 0. The molecule has 0 radical (unpaired) electrons. The Morgan fingerprint density at radius 3 is 1.50 bits per heavy atom. The van der Waals surface area contributed by atoms with Crippen LogP contribution in [-0.2, 0) is 0 Å². The molecule has 0 spiro atoms. The van der Waals surface area contributed by atoms with E-state index >= 15 is 0 Å². The average molecular weight is 190 g/mol. The van der Waals surface area contributed by atoms with Gasteiger partial charge in [0.1, 0.15) is 0 Å². The van der Waals surface area contributed by atoms with Gasteiger partial charge in [-0.2, -0.15) is 0 Å². The highest BCUT2D eigenvalue weighted by Gasteiger charge is 1.72. The summed E-state index contributed by atoms with van der Waals surface area (Å²) < 4.78 is 0. The number of hydrogen-bond acceptors (Lipinski definition) is 0. The van der Waals surface area contributed by atoms with Crippen molar-refractivity contribution in [3.63, 3.8) is 0 Å². The molecule has 0 unspecified atom stereocenters. The summed E-state index contributed by atoms with van der Waals surface area (Å²) in [6.45, 7) is 4.21. The zero-order valence-corrected chi connectivity index (χ0v) is 9.45. The van der Waals surface area contributed by atoms with Crippen LogP contribution in [0.4, 0.5) is 0 Å². The van der Waals surface area contributed by atoms with Crippen molar-refractivity contribution < 1.29 is 0 Å². The first kappa shape index (κ1) is 13.0. The Kier molecular flexibility index (Phi) is 11.1. The van der Waals surface area contributed by atoms with Gasteiger partial charge in [-0.1, -0.05) is 55.5 Å². The van der Waals surface area contributed by atoms with Gasteiger partial charge in [-0.05, 0) is 32.6 Å². The highest BCUT2D eigenvalue weighted by molar-refractivity contribution is 4.98. The quantitative estimate of drug-likeness (QED) is 0.505. The fourth-order valence-electron chi connectivity index (χ4n) is 1.02. The Bertz CT molecular complexity index is 204. The maximum absolute atomic E-state index is 2.21. The summed E-state index contributed by atoms with van der Waals surface area (Å²) in [5, 5.41) is 0. The molecule has 14 heavy (non-hydrogen) atoms. The molecule has 0 bridgehead atoms. The molecule has 0 nitrogen and oxygen atoms in total. The predicted molar refractivity (Wildman–Crippen MR) is 66.4 cm³/mol. The van der Waals surface area contributed by atoms with Crippen LogP contribution in [0.3, 0.4) is 0 Å². The SMILES string of the molecule is C/C=C\C/C=C\C/C=C\C/C=C\CC. The largest absolute Gasteiger partial charge is 0.0914 e. The fraction of sp³-hybridized carbons (Fsp3) is 0.429. The van der Waals surface area contributed by atoms with Crippen molar-refractivity contribution in [3.8, 4) is 0 Å². The van der Waals surface area contributed by atoms with Crippen LogP contribution in [0.25, 0.3) is 0 Å². The minimum absolute atomic E-state index is 1.05. The molecule has 0 aromatic rings. The lowest BCUT2D eigenvalue weighted by Crippen LogP contribution is -1.62. The van der Waals surface area contributed by atoms with E-state index in [0.717, 1.165) is 25.7 Å². The van der Waals surface area contributed by atoms with Gasteiger partial charge >= 0.3 is 0 Å². The van der Waals surface area contributed by atoms with Gasteiger partial charge < -0.3 is 0 Å². The molecule has 0 rings (SSSR count). The molecule has 78 valence electrons. The smallest absolute Gasteiger partial charge is 0.0169 e. The van der Waals surface area contributed by atoms with Crippen LogP contribution in [-0.4, -0.2) is 0 Å². The molecule has 0 aliphatic rings. The highest BCUT2D eigenvalue weighted by Crippen LogP contribution is 1.93. The molecule has 0 aromatic carbocycles. The third kappa shape index (κ3) is 11.0. The first-order valence-electron chi connectivity index (χ1n) is 5.48. The van der Waals surface area contributed by atoms with Gasteiger partial charge in [0.2, 0.25) is 0 Å². The van der Waals surface area contributed by atoms with Crippen LogP contribution < -0.4 is 0 Å². The van der Waals surface area contributed by atoms with Crippen LogP contribution in [0.15, 0.2) is 48.6 Å². The number of allylic oxidation sites excluding steroid dienone is 8. The van der Waals surface area contributed by atoms with Crippen molar-refractivity contribution in [2.75, 3.05) is 0 Å². The molecule has 0 fully saturated rings. The first-order chi connectivity index (χ1) is 6.91. The highest BCUT2D eigenvalue weighted by atomic mass is 13.8. The van der Waals surface area contributed by atoms with E-state index in [-0.39, 0.29) is 0 Å². The van der Waals surface area contributed by atoms with Crippen molar-refractivity contribution in [2.24, 2.45) is 0 Å². The third-order valence-corrected chi connectivity index (χ3v) is 1.79. The fourth-order valence-corrected chi connectivity index (χ4v) is 1.02. The Morgan fingerprint density at radius 1 is 0.643 bits per heavy atom. The minimum atomic E-state index is 1.05. The maximum Gasteiger partial charge on any atom is -0.0169 e. The van der Waals surface area contributed by atoms with Gasteiger partial charge in [-0.15, -0.1) is 0 Å². The monoisotopic (exact) mass is 190 g/mol. The van der Waals surface area contributed by atoms with Crippen LogP contribution >= 0.6 is 0 Å². The van der Waals surface area contributed by atoms with E-state index in [0.29, 0.717) is 0 Å². The van der Waals surface area contributed by atoms with Gasteiger partial charge in [0, 0.05) is 0 Å². The van der Waals surface area contributed by atoms with E-state index in [4.69, 9.17) is 0 Å². The third-order valence-electron chi connectivity index (χ3n) is 1.79. The minimum Gasteiger partial charge on any atom is -0.0914 e. The van der Waals surface area contributed by atoms with Crippen molar-refractivity contribution >= 4 is 0 Å². The van der Waals surface area contributed by atoms with E-state index < -0.39 is 0 Å². The molecule has 0 atom stereocenters. The number of rotatable bonds is 7. The summed E-state index contributed by atoms with van der Waals surface area (Å²) in [7, 11) is 0. The van der Waals surface area contributed by atoms with E-state index in [9.17, 15) is 0 Å². The molecule has 0 saturated heterocycles. The number of hydrogen-bond donors (Lipinski definition) is 0. The molecule has 0 N–H and O–H groups in total. The second kappa shape index (κ2) is 12.0. The summed E-state index contributed by atoms with van der Waals surface area (Å²) in [6, 6.07) is 0. The van der Waals surface area contributed by atoms with Gasteiger partial charge in [0.15, 0.2) is 0 Å². The second-order valence-corrected chi connectivity index (χ2v) is 3.10. The molecule has 0 heteroatoms. The molecule has 0 aliphatic carbocycles. The van der Waals surface area contributed by atoms with Gasteiger partial charge in [-0.25, -0.2) is 0 Å². The first-order valence-corrected chi connectivity index (χ1v) is 5.48. The standard InChI is InChI=1S/C14H22/c1-3-5-7-9-11-13-14-12-10-8-6-4-2/h3,5-6,8-9,11-12,14H,4,7,10,13H2,1-2H3/b5-3-,8-6-,11-9-,14-12-. The van der Waals surface area contributed by atoms with Gasteiger partial charge in [-0.3, -0.25) is 0 Å². The molecule has 0 amide bonds. The van der Waals surface area contributed by atoms with E-state index in [1.165, 1.54) is 0 Å². The molecule has 0 saturated carbocycles.